The van der Waals surface area contributed by atoms with Gasteiger partial charge in [-0.25, -0.2) is 14.5 Å². The predicted molar refractivity (Wildman–Crippen MR) is 125 cm³/mol. The van der Waals surface area contributed by atoms with E-state index in [9.17, 15) is 5.11 Å². The molecule has 1 saturated carbocycles. The van der Waals surface area contributed by atoms with Crippen molar-refractivity contribution >= 4 is 0 Å². The van der Waals surface area contributed by atoms with Crippen LogP contribution in [0.1, 0.15) is 52.1 Å². The molecule has 2 aromatic rings. The van der Waals surface area contributed by atoms with Crippen LogP contribution < -0.4 is 4.74 Å². The van der Waals surface area contributed by atoms with E-state index < -0.39 is 24.0 Å². The molecule has 1 aromatic carbocycles. The first kappa shape index (κ1) is 24.1. The van der Waals surface area contributed by atoms with Crippen LogP contribution in [0, 0.1) is 23.7 Å². The highest BCUT2D eigenvalue weighted by molar-refractivity contribution is 5.31. The molecule has 4 aliphatic heterocycles. The standard InChI is InChI=1S/C26H35N3O7/c1-16-7-8-22-17(2)23(33-24-26(22)21(16)9-10-25(3,34-24)35-36-26)31-12-11-29-14-18(27-28-29)15-32-20-6-4-5-19(30)13-20/h4-6,13-14,16-17,21-24,30H,7-12,15H2,1-3H3/t16-,17-,21+,22+,23+,24-,25-,26-/m1/s1. The van der Waals surface area contributed by atoms with E-state index in [1.165, 1.54) is 0 Å². The second kappa shape index (κ2) is 9.25. The lowest BCUT2D eigenvalue weighted by Gasteiger charge is -2.60. The molecule has 8 atom stereocenters. The minimum Gasteiger partial charge on any atom is -0.508 e. The summed E-state index contributed by atoms with van der Waals surface area (Å²) >= 11 is 0. The molecule has 5 aliphatic rings. The van der Waals surface area contributed by atoms with Gasteiger partial charge in [0.05, 0.1) is 19.3 Å². The molecule has 1 aliphatic carbocycles. The van der Waals surface area contributed by atoms with E-state index in [1.54, 1.807) is 28.9 Å². The minimum atomic E-state index is -0.791. The Kier molecular flexibility index (Phi) is 6.20. The third-order valence-corrected chi connectivity index (χ3v) is 8.49. The molecule has 0 radical (unpaired) electrons. The molecule has 196 valence electrons. The molecule has 36 heavy (non-hydrogen) atoms. The highest BCUT2D eigenvalue weighted by Crippen LogP contribution is 2.60. The largest absolute Gasteiger partial charge is 0.508 e. The van der Waals surface area contributed by atoms with E-state index in [0.29, 0.717) is 36.4 Å². The summed E-state index contributed by atoms with van der Waals surface area (Å²) in [5, 5.41) is 17.9. The summed E-state index contributed by atoms with van der Waals surface area (Å²) in [7, 11) is 0. The SMILES string of the molecule is C[C@H]1[C@@H](OCCn2cc(COc3cccc(O)c3)nn2)O[C@@H]2O[C@@]3(C)CC[C@H]4[C@H](C)CC[C@@H]1[C@@]24OO3. The van der Waals surface area contributed by atoms with Gasteiger partial charge in [0.15, 0.2) is 18.2 Å². The Balaban J connectivity index is 1.07. The number of phenols is 1. The fourth-order valence-corrected chi connectivity index (χ4v) is 6.57. The number of aromatic nitrogens is 3. The molecule has 10 heteroatoms. The monoisotopic (exact) mass is 501 g/mol. The van der Waals surface area contributed by atoms with Gasteiger partial charge in [0.25, 0.3) is 0 Å². The number of hydrogen-bond donors (Lipinski definition) is 1. The normalized spacial score (nSPS) is 39.4. The molecule has 5 fully saturated rings. The smallest absolute Gasteiger partial charge is 0.201 e. The molecule has 7 rings (SSSR count). The summed E-state index contributed by atoms with van der Waals surface area (Å²) in [6.45, 7) is 7.64. The van der Waals surface area contributed by atoms with Crippen LogP contribution in [0.5, 0.6) is 11.5 Å². The first-order valence-electron chi connectivity index (χ1n) is 13.0. The number of rotatable bonds is 7. The van der Waals surface area contributed by atoms with E-state index in [4.69, 9.17) is 28.7 Å². The molecule has 1 aromatic heterocycles. The average Bonchev–Trinajstić information content (AvgIpc) is 3.19. The summed E-state index contributed by atoms with van der Waals surface area (Å²) in [6.07, 6.45) is 4.92. The van der Waals surface area contributed by atoms with Crippen molar-refractivity contribution in [1.29, 1.82) is 0 Å². The van der Waals surface area contributed by atoms with E-state index in [1.807, 2.05) is 13.1 Å². The van der Waals surface area contributed by atoms with Gasteiger partial charge in [0, 0.05) is 24.3 Å². The van der Waals surface area contributed by atoms with Crippen molar-refractivity contribution < 1.29 is 33.8 Å². The number of hydrogen-bond acceptors (Lipinski definition) is 9. The van der Waals surface area contributed by atoms with Crippen LogP contribution in [0.4, 0.5) is 0 Å². The number of aromatic hydroxyl groups is 1. The number of ether oxygens (including phenoxy) is 4. The Morgan fingerprint density at radius 1 is 1.17 bits per heavy atom. The van der Waals surface area contributed by atoms with Gasteiger partial charge in [0.2, 0.25) is 5.79 Å². The third-order valence-electron chi connectivity index (χ3n) is 8.49. The lowest BCUT2D eigenvalue weighted by atomic mass is 9.58. The molecule has 10 nitrogen and oxygen atoms in total. The lowest BCUT2D eigenvalue weighted by Crippen LogP contribution is -2.70. The molecule has 5 heterocycles. The second-order valence-corrected chi connectivity index (χ2v) is 10.9. The fourth-order valence-electron chi connectivity index (χ4n) is 6.57. The fraction of sp³-hybridized carbons (Fsp3) is 0.692. The van der Waals surface area contributed by atoms with Crippen molar-refractivity contribution in [1.82, 2.24) is 15.0 Å². The average molecular weight is 502 g/mol. The molecular formula is C26H35N3O7. The highest BCUT2D eigenvalue weighted by atomic mass is 17.3. The van der Waals surface area contributed by atoms with Gasteiger partial charge in [-0.1, -0.05) is 25.1 Å². The minimum absolute atomic E-state index is 0.132. The zero-order chi connectivity index (χ0) is 24.9. The van der Waals surface area contributed by atoms with Gasteiger partial charge < -0.3 is 24.1 Å². The van der Waals surface area contributed by atoms with Crippen LogP contribution in [0.15, 0.2) is 30.5 Å². The van der Waals surface area contributed by atoms with Gasteiger partial charge in [0.1, 0.15) is 23.8 Å². The van der Waals surface area contributed by atoms with E-state index in [2.05, 4.69) is 24.2 Å². The van der Waals surface area contributed by atoms with Gasteiger partial charge in [-0.15, -0.1) is 5.10 Å². The van der Waals surface area contributed by atoms with Gasteiger partial charge in [-0.3, -0.25) is 0 Å². The van der Waals surface area contributed by atoms with Crippen molar-refractivity contribution in [2.24, 2.45) is 23.7 Å². The Hall–Kier alpha value is -2.24. The number of phenolic OH excluding ortho intramolecular Hbond substituents is 1. The first-order chi connectivity index (χ1) is 17.4. The molecular weight excluding hydrogens is 466 g/mol. The number of fused-ring (bicyclic) bond motifs is 2. The topological polar surface area (TPSA) is 106 Å². The second-order valence-electron chi connectivity index (χ2n) is 10.9. The summed E-state index contributed by atoms with van der Waals surface area (Å²) in [6, 6.07) is 6.67. The number of nitrogens with zero attached hydrogens (tertiary/aromatic N) is 3. The van der Waals surface area contributed by atoms with Crippen LogP contribution in [-0.4, -0.2) is 50.7 Å². The molecule has 0 amide bonds. The number of benzene rings is 1. The van der Waals surface area contributed by atoms with Crippen molar-refractivity contribution in [3.05, 3.63) is 36.2 Å². The quantitative estimate of drug-likeness (QED) is 0.567. The first-order valence-corrected chi connectivity index (χ1v) is 13.0. The zero-order valence-corrected chi connectivity index (χ0v) is 21.0. The summed E-state index contributed by atoms with van der Waals surface area (Å²) in [5.41, 5.74) is 0.113. The van der Waals surface area contributed by atoms with Crippen molar-refractivity contribution in [3.8, 4) is 11.5 Å². The van der Waals surface area contributed by atoms with E-state index in [-0.39, 0.29) is 24.2 Å². The van der Waals surface area contributed by atoms with Crippen molar-refractivity contribution in [2.75, 3.05) is 6.61 Å². The molecule has 1 spiro atoms. The van der Waals surface area contributed by atoms with Crippen LogP contribution in [0.2, 0.25) is 0 Å². The van der Waals surface area contributed by atoms with Crippen LogP contribution in [0.25, 0.3) is 0 Å². The molecule has 1 N–H and O–H groups in total. The Morgan fingerprint density at radius 2 is 2.06 bits per heavy atom. The van der Waals surface area contributed by atoms with Gasteiger partial charge in [-0.05, 0) is 50.2 Å². The Morgan fingerprint density at radius 3 is 2.92 bits per heavy atom. The Labute approximate surface area is 210 Å². The van der Waals surface area contributed by atoms with Crippen LogP contribution in [0.3, 0.4) is 0 Å². The van der Waals surface area contributed by atoms with E-state index in [0.717, 1.165) is 25.7 Å². The van der Waals surface area contributed by atoms with Gasteiger partial charge >= 0.3 is 0 Å². The summed E-state index contributed by atoms with van der Waals surface area (Å²) in [5.74, 6) is 1.18. The maximum absolute atomic E-state index is 9.56. The Bertz CT molecular complexity index is 1080. The zero-order valence-electron chi connectivity index (χ0n) is 21.0. The summed E-state index contributed by atoms with van der Waals surface area (Å²) in [4.78, 5) is 12.1. The van der Waals surface area contributed by atoms with Crippen LogP contribution >= 0.6 is 0 Å². The lowest BCUT2D eigenvalue weighted by molar-refractivity contribution is -0.577. The maximum atomic E-state index is 9.56. The maximum Gasteiger partial charge on any atom is 0.201 e. The molecule has 4 saturated heterocycles. The van der Waals surface area contributed by atoms with Crippen LogP contribution in [-0.2, 0) is 37.1 Å². The van der Waals surface area contributed by atoms with Crippen molar-refractivity contribution in [3.63, 3.8) is 0 Å². The third kappa shape index (κ3) is 4.18. The molecule has 2 bridgehead atoms. The van der Waals surface area contributed by atoms with E-state index >= 15 is 0 Å². The highest BCUT2D eigenvalue weighted by Gasteiger charge is 2.69. The summed E-state index contributed by atoms with van der Waals surface area (Å²) < 4.78 is 26.5. The van der Waals surface area contributed by atoms with Crippen molar-refractivity contribution in [2.45, 2.75) is 83.6 Å². The predicted octanol–water partition coefficient (Wildman–Crippen LogP) is 3.79. The van der Waals surface area contributed by atoms with Gasteiger partial charge in [-0.2, -0.15) is 0 Å². The molecule has 0 unspecified atom stereocenters.